The quantitative estimate of drug-likeness (QED) is 0.499. The summed E-state index contributed by atoms with van der Waals surface area (Å²) in [5, 5.41) is 9.31. The van der Waals surface area contributed by atoms with Crippen molar-refractivity contribution >= 4 is 29.5 Å². The normalized spacial score (nSPS) is 13.1. The predicted octanol–water partition coefficient (Wildman–Crippen LogP) is 2.26. The maximum Gasteiger partial charge on any atom is 0.326 e. The van der Waals surface area contributed by atoms with Gasteiger partial charge in [0.2, 0.25) is 5.91 Å². The maximum atomic E-state index is 12.9. The molecule has 126 valence electrons. The Bertz CT molecular complexity index is 527. The molecule has 0 saturated carbocycles. The van der Waals surface area contributed by atoms with Gasteiger partial charge >= 0.3 is 5.97 Å². The molecular weight excluding hydrogens is 318 g/mol. The van der Waals surface area contributed by atoms with E-state index in [1.54, 1.807) is 30.3 Å². The molecule has 0 spiro atoms. The number of carbonyl (C=O) groups excluding carboxylic acids is 1. The molecule has 7 nitrogen and oxygen atoms in total. The third-order valence-corrected chi connectivity index (χ3v) is 4.11. The van der Waals surface area contributed by atoms with Gasteiger partial charge in [-0.15, -0.1) is 4.91 Å². The fraction of sp³-hybridized carbons (Fsp3) is 0.467. The molecule has 0 unspecified atom stereocenters. The van der Waals surface area contributed by atoms with E-state index in [4.69, 9.17) is 5.73 Å². The Labute approximate surface area is 139 Å². The first-order valence-electron chi connectivity index (χ1n) is 7.28. The molecule has 0 heterocycles. The summed E-state index contributed by atoms with van der Waals surface area (Å²) in [6.45, 7) is 1.88. The van der Waals surface area contributed by atoms with Crippen molar-refractivity contribution < 1.29 is 14.7 Å². The number of hydrogen-bond acceptors (Lipinski definition) is 6. The first-order chi connectivity index (χ1) is 11.0. The lowest BCUT2D eigenvalue weighted by Gasteiger charge is -2.30. The van der Waals surface area contributed by atoms with Crippen molar-refractivity contribution in [3.63, 3.8) is 0 Å². The number of carboxylic acids is 1. The summed E-state index contributed by atoms with van der Waals surface area (Å²) in [7, 11) is 0. The summed E-state index contributed by atoms with van der Waals surface area (Å²) in [5.74, 6) is -1.74. The second-order valence-corrected chi connectivity index (χ2v) is 5.80. The number of para-hydroxylation sites is 1. The van der Waals surface area contributed by atoms with Crippen molar-refractivity contribution in [3.8, 4) is 0 Å². The van der Waals surface area contributed by atoms with E-state index < -0.39 is 17.9 Å². The summed E-state index contributed by atoms with van der Waals surface area (Å²) in [5.41, 5.74) is 6.00. The van der Waals surface area contributed by atoms with Crippen LogP contribution < -0.4 is 10.6 Å². The highest BCUT2D eigenvalue weighted by atomic mass is 32.2. The molecule has 0 aliphatic heterocycles. The van der Waals surface area contributed by atoms with Gasteiger partial charge in [0, 0.05) is 33.9 Å². The van der Waals surface area contributed by atoms with Crippen LogP contribution in [0.5, 0.6) is 0 Å². The topological polar surface area (TPSA) is 113 Å². The van der Waals surface area contributed by atoms with E-state index in [2.05, 4.69) is 4.58 Å². The first-order valence-corrected chi connectivity index (χ1v) is 8.22. The molecule has 0 radical (unpaired) electrons. The summed E-state index contributed by atoms with van der Waals surface area (Å²) < 4.78 is 2.73. The van der Waals surface area contributed by atoms with Crippen molar-refractivity contribution in [2.75, 3.05) is 17.2 Å². The van der Waals surface area contributed by atoms with Gasteiger partial charge in [-0.25, -0.2) is 4.79 Å². The summed E-state index contributed by atoms with van der Waals surface area (Å²) in [4.78, 5) is 35.9. The minimum atomic E-state index is -1.10. The van der Waals surface area contributed by atoms with Crippen LogP contribution in [0, 0.1) is 10.8 Å². The lowest BCUT2D eigenvalue weighted by atomic mass is 10.0. The number of carbonyl (C=O) groups is 2. The monoisotopic (exact) mass is 339 g/mol. The number of anilines is 1. The zero-order valence-corrected chi connectivity index (χ0v) is 13.7. The Kier molecular flexibility index (Phi) is 8.28. The van der Waals surface area contributed by atoms with Gasteiger partial charge in [-0.05, 0) is 38.4 Å². The molecule has 0 saturated heterocycles. The molecule has 8 heteroatoms. The van der Waals surface area contributed by atoms with Crippen LogP contribution in [0.2, 0.25) is 0 Å². The van der Waals surface area contributed by atoms with Crippen LogP contribution in [0.25, 0.3) is 0 Å². The van der Waals surface area contributed by atoms with E-state index in [-0.39, 0.29) is 11.7 Å². The number of amides is 1. The van der Waals surface area contributed by atoms with Gasteiger partial charge in [-0.1, -0.05) is 18.2 Å². The molecule has 1 aromatic carbocycles. The number of nitroso groups, excluding NO2 is 1. The Morgan fingerprint density at radius 3 is 2.52 bits per heavy atom. The molecule has 3 N–H and O–H groups in total. The summed E-state index contributed by atoms with van der Waals surface area (Å²) in [6, 6.07) is 7.61. The highest BCUT2D eigenvalue weighted by molar-refractivity contribution is 7.97. The smallest absolute Gasteiger partial charge is 0.326 e. The van der Waals surface area contributed by atoms with Crippen molar-refractivity contribution in [1.29, 1.82) is 0 Å². The molecular formula is C15H21N3O4S. The highest BCUT2D eigenvalue weighted by Crippen LogP contribution is 2.24. The molecule has 0 aliphatic rings. The number of rotatable bonds is 10. The minimum absolute atomic E-state index is 0.206. The van der Waals surface area contributed by atoms with Crippen molar-refractivity contribution in [2.45, 2.75) is 25.8 Å². The third-order valence-electron chi connectivity index (χ3n) is 3.45. The average Bonchev–Trinajstić information content (AvgIpc) is 2.56. The van der Waals surface area contributed by atoms with Gasteiger partial charge in [0.15, 0.2) is 0 Å². The molecule has 1 aromatic rings. The second kappa shape index (κ2) is 9.96. The van der Waals surface area contributed by atoms with E-state index in [9.17, 15) is 19.6 Å². The summed E-state index contributed by atoms with van der Waals surface area (Å²) >= 11 is 0.761. The van der Waals surface area contributed by atoms with Gasteiger partial charge < -0.3 is 10.8 Å². The number of benzene rings is 1. The summed E-state index contributed by atoms with van der Waals surface area (Å²) in [6.07, 6.45) is 1.09. The van der Waals surface area contributed by atoms with E-state index in [1.807, 2.05) is 0 Å². The van der Waals surface area contributed by atoms with E-state index >= 15 is 0 Å². The number of aliphatic carboxylic acids is 1. The molecule has 2 atom stereocenters. The average molecular weight is 339 g/mol. The molecule has 0 bridgehead atoms. The number of nitrogens with two attached hydrogens (primary N) is 1. The standard InChI is InChI=1S/C15H21N3O4S/c1-11(15(20)21)18(13-7-3-2-4-8-13)14(19)12(6-5-9-16)10-23-17-22/h2-4,7-8,11-12H,5-6,9-10,16H2,1H3,(H,20,21)/t11-,12+/m0/s1. The fourth-order valence-electron chi connectivity index (χ4n) is 2.20. The number of carboxylic acid groups (broad SMARTS) is 1. The van der Waals surface area contributed by atoms with Crippen molar-refractivity contribution in [3.05, 3.63) is 35.2 Å². The SMILES string of the molecule is C[C@@H](C(=O)O)N(C(=O)[C@H](CCCN)CSN=O)c1ccccc1. The van der Waals surface area contributed by atoms with Gasteiger partial charge in [0.25, 0.3) is 0 Å². The van der Waals surface area contributed by atoms with Crippen LogP contribution in [-0.4, -0.2) is 35.3 Å². The van der Waals surface area contributed by atoms with Crippen molar-refractivity contribution in [2.24, 2.45) is 16.2 Å². The lowest BCUT2D eigenvalue weighted by Crippen LogP contribution is -2.47. The van der Waals surface area contributed by atoms with Crippen LogP contribution in [0.3, 0.4) is 0 Å². The number of nitrogens with zero attached hydrogens (tertiary/aromatic N) is 2. The lowest BCUT2D eigenvalue weighted by molar-refractivity contribution is -0.140. The minimum Gasteiger partial charge on any atom is -0.480 e. The molecule has 23 heavy (non-hydrogen) atoms. The van der Waals surface area contributed by atoms with Gasteiger partial charge in [0.1, 0.15) is 6.04 Å². The Balaban J connectivity index is 3.08. The van der Waals surface area contributed by atoms with Crippen LogP contribution in [0.1, 0.15) is 19.8 Å². The zero-order valence-electron chi connectivity index (χ0n) is 12.9. The van der Waals surface area contributed by atoms with E-state index in [1.165, 1.54) is 11.8 Å². The van der Waals surface area contributed by atoms with Crippen LogP contribution in [-0.2, 0) is 9.59 Å². The molecule has 1 amide bonds. The Morgan fingerprint density at radius 1 is 1.35 bits per heavy atom. The highest BCUT2D eigenvalue weighted by Gasteiger charge is 2.32. The Morgan fingerprint density at radius 2 is 2.00 bits per heavy atom. The van der Waals surface area contributed by atoms with Crippen molar-refractivity contribution in [1.82, 2.24) is 0 Å². The molecule has 0 fully saturated rings. The van der Waals surface area contributed by atoms with Crippen LogP contribution in [0.4, 0.5) is 5.69 Å². The van der Waals surface area contributed by atoms with Crippen LogP contribution in [0.15, 0.2) is 34.9 Å². The van der Waals surface area contributed by atoms with E-state index in [0.717, 1.165) is 11.9 Å². The Hall–Kier alpha value is -1.93. The van der Waals surface area contributed by atoms with Gasteiger partial charge in [-0.2, -0.15) is 0 Å². The molecule has 0 aromatic heterocycles. The largest absolute Gasteiger partial charge is 0.480 e. The third kappa shape index (κ3) is 5.65. The maximum absolute atomic E-state index is 12.9. The van der Waals surface area contributed by atoms with Gasteiger partial charge in [-0.3, -0.25) is 9.69 Å². The molecule has 0 aliphatic carbocycles. The zero-order chi connectivity index (χ0) is 17.2. The van der Waals surface area contributed by atoms with E-state index in [0.29, 0.717) is 25.1 Å². The van der Waals surface area contributed by atoms with Crippen LogP contribution >= 0.6 is 11.9 Å². The fourth-order valence-corrected chi connectivity index (χ4v) is 2.75. The first kappa shape index (κ1) is 19.1. The van der Waals surface area contributed by atoms with Gasteiger partial charge in [0.05, 0.1) is 0 Å². The second-order valence-electron chi connectivity index (χ2n) is 5.06. The molecule has 1 rings (SSSR count). The number of hydrogen-bond donors (Lipinski definition) is 2. The predicted molar refractivity (Wildman–Crippen MR) is 91.1 cm³/mol.